The largest absolute Gasteiger partial charge is 0.310 e. The van der Waals surface area contributed by atoms with E-state index >= 15 is 0 Å². The highest BCUT2D eigenvalue weighted by molar-refractivity contribution is 7.61. The summed E-state index contributed by atoms with van der Waals surface area (Å²) in [4.78, 5) is 0. The summed E-state index contributed by atoms with van der Waals surface area (Å²) in [7, 11) is 0.0450. The minimum Gasteiger partial charge on any atom is -0.310 e. The van der Waals surface area contributed by atoms with Gasteiger partial charge in [0.1, 0.15) is 0 Å². The molecule has 1 heterocycles. The van der Waals surface area contributed by atoms with Gasteiger partial charge in [-0.1, -0.05) is 49.5 Å². The van der Waals surface area contributed by atoms with Crippen molar-refractivity contribution < 1.29 is 0 Å². The smallest absolute Gasteiger partial charge is 0.0278 e. The van der Waals surface area contributed by atoms with E-state index in [1.165, 1.54) is 19.4 Å². The topological polar surface area (TPSA) is 12.0 Å². The second-order valence-corrected chi connectivity index (χ2v) is 10.4. The van der Waals surface area contributed by atoms with Crippen LogP contribution in [0.5, 0.6) is 0 Å². The SMILES string of the molecule is CC(C)(C)P([C@H]1CCCN1)C(C)(C)C. The maximum Gasteiger partial charge on any atom is 0.0278 e. The van der Waals surface area contributed by atoms with Crippen LogP contribution in [0.2, 0.25) is 0 Å². The fourth-order valence-electron chi connectivity index (χ4n) is 2.83. The Morgan fingerprint density at radius 1 is 1.00 bits per heavy atom. The third-order valence-corrected chi connectivity index (χ3v) is 6.75. The maximum atomic E-state index is 3.70. The Kier molecular flexibility index (Phi) is 3.65. The van der Waals surface area contributed by atoms with Gasteiger partial charge in [0.25, 0.3) is 0 Å². The van der Waals surface area contributed by atoms with Crippen molar-refractivity contribution in [2.75, 3.05) is 6.54 Å². The molecule has 1 aliphatic rings. The highest BCUT2D eigenvalue weighted by Gasteiger charge is 2.40. The van der Waals surface area contributed by atoms with Gasteiger partial charge < -0.3 is 5.32 Å². The molecule has 0 saturated carbocycles. The molecular formula is C12H26NP. The van der Waals surface area contributed by atoms with E-state index in [2.05, 4.69) is 46.9 Å². The van der Waals surface area contributed by atoms with Gasteiger partial charge in [-0.2, -0.15) is 0 Å². The fraction of sp³-hybridized carbons (Fsp3) is 1.00. The minimum atomic E-state index is 0.0450. The van der Waals surface area contributed by atoms with Gasteiger partial charge >= 0.3 is 0 Å². The first-order valence-corrected chi connectivity index (χ1v) is 7.17. The molecule has 0 amide bonds. The third-order valence-electron chi connectivity index (χ3n) is 2.79. The molecular weight excluding hydrogens is 189 g/mol. The first kappa shape index (κ1) is 12.5. The molecule has 1 fully saturated rings. The molecule has 1 nitrogen and oxygen atoms in total. The molecule has 0 bridgehead atoms. The van der Waals surface area contributed by atoms with Crippen LogP contribution in [0, 0.1) is 0 Å². The highest BCUT2D eigenvalue weighted by atomic mass is 31.1. The Bertz CT molecular complexity index is 167. The zero-order chi connectivity index (χ0) is 11.0. The van der Waals surface area contributed by atoms with Gasteiger partial charge in [-0.05, 0) is 29.7 Å². The van der Waals surface area contributed by atoms with Gasteiger partial charge in [0.15, 0.2) is 0 Å². The van der Waals surface area contributed by atoms with Gasteiger partial charge in [-0.25, -0.2) is 0 Å². The molecule has 1 saturated heterocycles. The number of hydrogen-bond donors (Lipinski definition) is 1. The molecule has 1 aliphatic heterocycles. The normalized spacial score (nSPS) is 24.6. The molecule has 0 aromatic heterocycles. The van der Waals surface area contributed by atoms with Crippen molar-refractivity contribution in [1.29, 1.82) is 0 Å². The van der Waals surface area contributed by atoms with Crippen LogP contribution in [0.15, 0.2) is 0 Å². The number of hydrogen-bond acceptors (Lipinski definition) is 1. The molecule has 1 rings (SSSR count). The average molecular weight is 215 g/mol. The van der Waals surface area contributed by atoms with E-state index in [0.29, 0.717) is 10.3 Å². The van der Waals surface area contributed by atoms with Crippen molar-refractivity contribution in [2.24, 2.45) is 0 Å². The Balaban J connectivity index is 2.82. The Hall–Kier alpha value is 0.390. The molecule has 0 aromatic rings. The first-order valence-electron chi connectivity index (χ1n) is 5.76. The van der Waals surface area contributed by atoms with Crippen molar-refractivity contribution in [3.05, 3.63) is 0 Å². The van der Waals surface area contributed by atoms with Crippen molar-refractivity contribution in [2.45, 2.75) is 70.5 Å². The summed E-state index contributed by atoms with van der Waals surface area (Å²) in [6.45, 7) is 15.7. The highest BCUT2D eigenvalue weighted by Crippen LogP contribution is 2.63. The molecule has 0 aliphatic carbocycles. The van der Waals surface area contributed by atoms with Gasteiger partial charge in [0.2, 0.25) is 0 Å². The lowest BCUT2D eigenvalue weighted by molar-refractivity contribution is 0.659. The number of rotatable bonds is 1. The number of nitrogens with one attached hydrogen (secondary N) is 1. The van der Waals surface area contributed by atoms with Crippen LogP contribution in [0.1, 0.15) is 54.4 Å². The van der Waals surface area contributed by atoms with E-state index in [1.54, 1.807) is 0 Å². The van der Waals surface area contributed by atoms with Gasteiger partial charge in [-0.15, -0.1) is 0 Å². The minimum absolute atomic E-state index is 0.0450. The third kappa shape index (κ3) is 2.94. The van der Waals surface area contributed by atoms with Crippen molar-refractivity contribution >= 4 is 7.92 Å². The first-order chi connectivity index (χ1) is 6.23. The average Bonchev–Trinajstić information content (AvgIpc) is 2.31. The molecule has 0 aromatic carbocycles. The molecule has 1 atom stereocenters. The van der Waals surface area contributed by atoms with Crippen molar-refractivity contribution in [3.8, 4) is 0 Å². The summed E-state index contributed by atoms with van der Waals surface area (Å²) >= 11 is 0. The summed E-state index contributed by atoms with van der Waals surface area (Å²) < 4.78 is 0. The van der Waals surface area contributed by atoms with Crippen LogP contribution in [0.25, 0.3) is 0 Å². The molecule has 84 valence electrons. The summed E-state index contributed by atoms with van der Waals surface area (Å²) in [5, 5.41) is 4.63. The van der Waals surface area contributed by atoms with Crippen LogP contribution >= 0.6 is 7.92 Å². The van der Waals surface area contributed by atoms with E-state index in [9.17, 15) is 0 Å². The lowest BCUT2D eigenvalue weighted by Gasteiger charge is -2.45. The zero-order valence-corrected chi connectivity index (χ0v) is 11.5. The second kappa shape index (κ2) is 4.10. The molecule has 0 radical (unpaired) electrons. The van der Waals surface area contributed by atoms with Crippen LogP contribution in [0.4, 0.5) is 0 Å². The zero-order valence-electron chi connectivity index (χ0n) is 10.6. The summed E-state index contributed by atoms with van der Waals surface area (Å²) in [6, 6.07) is 0. The van der Waals surface area contributed by atoms with E-state index in [4.69, 9.17) is 0 Å². The lowest BCUT2D eigenvalue weighted by Crippen LogP contribution is -2.35. The van der Waals surface area contributed by atoms with E-state index in [-0.39, 0.29) is 7.92 Å². The molecule has 0 spiro atoms. The fourth-order valence-corrected chi connectivity index (χ4v) is 7.46. The Labute approximate surface area is 90.8 Å². The van der Waals surface area contributed by atoms with Crippen LogP contribution in [-0.4, -0.2) is 22.6 Å². The van der Waals surface area contributed by atoms with Gasteiger partial charge in [0.05, 0.1) is 0 Å². The quantitative estimate of drug-likeness (QED) is 0.656. The predicted molar refractivity (Wildman–Crippen MR) is 67.5 cm³/mol. The molecule has 1 N–H and O–H groups in total. The Morgan fingerprint density at radius 3 is 1.79 bits per heavy atom. The van der Waals surface area contributed by atoms with Crippen LogP contribution in [-0.2, 0) is 0 Å². The predicted octanol–water partition coefficient (Wildman–Crippen LogP) is 3.77. The summed E-state index contributed by atoms with van der Waals surface area (Å²) in [6.07, 6.45) is 2.76. The lowest BCUT2D eigenvalue weighted by atomic mass is 10.2. The van der Waals surface area contributed by atoms with E-state index in [1.807, 2.05) is 0 Å². The molecule has 14 heavy (non-hydrogen) atoms. The monoisotopic (exact) mass is 215 g/mol. The van der Waals surface area contributed by atoms with E-state index in [0.717, 1.165) is 5.78 Å². The van der Waals surface area contributed by atoms with Crippen LogP contribution in [0.3, 0.4) is 0 Å². The second-order valence-electron chi connectivity index (χ2n) is 6.32. The van der Waals surface area contributed by atoms with E-state index < -0.39 is 0 Å². The summed E-state index contributed by atoms with van der Waals surface area (Å²) in [5.41, 5.74) is 0. The van der Waals surface area contributed by atoms with Crippen molar-refractivity contribution in [3.63, 3.8) is 0 Å². The molecule has 0 unspecified atom stereocenters. The van der Waals surface area contributed by atoms with Crippen LogP contribution < -0.4 is 5.32 Å². The standard InChI is InChI=1S/C12H26NP/c1-11(2,3)14(12(4,5)6)10-8-7-9-13-10/h10,13H,7-9H2,1-6H3/t10-/m0/s1. The Morgan fingerprint density at radius 2 is 1.50 bits per heavy atom. The van der Waals surface area contributed by atoms with Crippen molar-refractivity contribution in [1.82, 2.24) is 5.32 Å². The van der Waals surface area contributed by atoms with Gasteiger partial charge in [-0.3, -0.25) is 0 Å². The van der Waals surface area contributed by atoms with Gasteiger partial charge in [0, 0.05) is 5.78 Å². The molecule has 2 heteroatoms. The maximum absolute atomic E-state index is 3.70. The summed E-state index contributed by atoms with van der Waals surface area (Å²) in [5.74, 6) is 0.796.